The summed E-state index contributed by atoms with van der Waals surface area (Å²) in [5.41, 5.74) is 2.23. The Morgan fingerprint density at radius 2 is 1.47 bits per heavy atom. The molecule has 4 rings (SSSR count). The third-order valence-corrected chi connectivity index (χ3v) is 9.81. The summed E-state index contributed by atoms with van der Waals surface area (Å²) in [7, 11) is -4.23. The molecule has 0 aliphatic carbocycles. The summed E-state index contributed by atoms with van der Waals surface area (Å²) in [6.45, 7) is 3.42. The summed E-state index contributed by atoms with van der Waals surface area (Å²) >= 11 is 18.9. The molecule has 0 fully saturated rings. The van der Waals surface area contributed by atoms with Gasteiger partial charge < -0.3 is 10.2 Å². The zero-order valence-electron chi connectivity index (χ0n) is 24.9. The van der Waals surface area contributed by atoms with Crippen molar-refractivity contribution in [3.05, 3.63) is 129 Å². The van der Waals surface area contributed by atoms with E-state index in [1.165, 1.54) is 17.0 Å². The van der Waals surface area contributed by atoms with Crippen molar-refractivity contribution in [3.63, 3.8) is 0 Å². The molecule has 236 valence electrons. The highest BCUT2D eigenvalue weighted by molar-refractivity contribution is 7.92. The second-order valence-electron chi connectivity index (χ2n) is 10.5. The van der Waals surface area contributed by atoms with E-state index in [1.54, 1.807) is 61.5 Å². The zero-order chi connectivity index (χ0) is 32.6. The number of carbonyl (C=O) groups excluding carboxylic acids is 2. The van der Waals surface area contributed by atoms with Gasteiger partial charge in [-0.15, -0.1) is 0 Å². The quantitative estimate of drug-likeness (QED) is 0.160. The van der Waals surface area contributed by atoms with Gasteiger partial charge in [-0.25, -0.2) is 8.42 Å². The average Bonchev–Trinajstić information content (AvgIpc) is 3.02. The van der Waals surface area contributed by atoms with E-state index in [0.717, 1.165) is 9.87 Å². The van der Waals surface area contributed by atoms with Gasteiger partial charge in [0.05, 0.1) is 10.6 Å². The molecule has 0 heterocycles. The van der Waals surface area contributed by atoms with Crippen LogP contribution >= 0.6 is 34.8 Å². The smallest absolute Gasteiger partial charge is 0.264 e. The Kier molecular flexibility index (Phi) is 11.9. The van der Waals surface area contributed by atoms with Crippen molar-refractivity contribution in [1.29, 1.82) is 0 Å². The molecule has 0 saturated heterocycles. The molecule has 4 aromatic rings. The van der Waals surface area contributed by atoms with Crippen molar-refractivity contribution in [3.8, 4) is 0 Å². The fourth-order valence-corrected chi connectivity index (χ4v) is 7.08. The number of hydrogen-bond acceptors (Lipinski definition) is 4. The first-order valence-electron chi connectivity index (χ1n) is 14.4. The number of nitrogens with zero attached hydrogens (tertiary/aromatic N) is 2. The van der Waals surface area contributed by atoms with E-state index in [9.17, 15) is 18.0 Å². The minimum absolute atomic E-state index is 0.0148. The van der Waals surface area contributed by atoms with Crippen molar-refractivity contribution < 1.29 is 18.0 Å². The Balaban J connectivity index is 1.83. The lowest BCUT2D eigenvalue weighted by Crippen LogP contribution is -2.53. The van der Waals surface area contributed by atoms with Crippen molar-refractivity contribution in [2.45, 2.75) is 44.2 Å². The van der Waals surface area contributed by atoms with Crippen LogP contribution in [0.2, 0.25) is 15.1 Å². The summed E-state index contributed by atoms with van der Waals surface area (Å²) in [6, 6.07) is 25.9. The number of benzene rings is 4. The standard InChI is InChI=1S/C34H34Cl3N3O4S/c1-3-18-38-34(42)32(20-25-10-6-4-7-11-25)39(22-26-14-15-28(36)21-30(26)37)33(41)23-40(31-17-16-27(35)19-24(31)2)45(43,44)29-12-8-5-9-13-29/h4-17,19,21,32H,3,18,20,22-23H2,1-2H3,(H,38,42)/t32-/m0/s1. The number of anilines is 1. The van der Waals surface area contributed by atoms with Gasteiger partial charge in [-0.1, -0.05) is 96.3 Å². The fraction of sp³-hybridized carbons (Fsp3) is 0.235. The number of carbonyl (C=O) groups is 2. The highest BCUT2D eigenvalue weighted by atomic mass is 35.5. The molecule has 1 atom stereocenters. The maximum atomic E-state index is 14.5. The number of sulfonamides is 1. The molecule has 11 heteroatoms. The fourth-order valence-electron chi connectivity index (χ4n) is 4.89. The van der Waals surface area contributed by atoms with E-state index < -0.39 is 28.5 Å². The van der Waals surface area contributed by atoms with Crippen molar-refractivity contribution in [2.24, 2.45) is 0 Å². The Labute approximate surface area is 279 Å². The zero-order valence-corrected chi connectivity index (χ0v) is 28.0. The van der Waals surface area contributed by atoms with Crippen molar-refractivity contribution in [1.82, 2.24) is 10.2 Å². The summed E-state index contributed by atoms with van der Waals surface area (Å²) in [5.74, 6) is -0.957. The minimum atomic E-state index is -4.23. The number of halogens is 3. The molecule has 45 heavy (non-hydrogen) atoms. The normalized spacial score (nSPS) is 11.9. The van der Waals surface area contributed by atoms with Crippen molar-refractivity contribution >= 4 is 62.3 Å². The topological polar surface area (TPSA) is 86.8 Å². The number of amides is 2. The third kappa shape index (κ3) is 8.79. The van der Waals surface area contributed by atoms with E-state index in [4.69, 9.17) is 34.8 Å². The Morgan fingerprint density at radius 3 is 2.09 bits per heavy atom. The SMILES string of the molecule is CCCNC(=O)[C@H](Cc1ccccc1)N(Cc1ccc(Cl)cc1Cl)C(=O)CN(c1ccc(Cl)cc1C)S(=O)(=O)c1ccccc1. The maximum absolute atomic E-state index is 14.5. The molecule has 7 nitrogen and oxygen atoms in total. The molecule has 2 amide bonds. The second-order valence-corrected chi connectivity index (χ2v) is 13.7. The second kappa shape index (κ2) is 15.6. The van der Waals surface area contributed by atoms with Crippen molar-refractivity contribution in [2.75, 3.05) is 17.4 Å². The van der Waals surface area contributed by atoms with Crippen LogP contribution in [0.5, 0.6) is 0 Å². The highest BCUT2D eigenvalue weighted by Crippen LogP contribution is 2.30. The molecule has 0 radical (unpaired) electrons. The van der Waals surface area contributed by atoms with Crippen LogP contribution in [0.15, 0.2) is 102 Å². The summed E-state index contributed by atoms with van der Waals surface area (Å²) in [6.07, 6.45) is 0.887. The van der Waals surface area contributed by atoms with Crippen LogP contribution in [0.3, 0.4) is 0 Å². The molecular weight excluding hydrogens is 653 g/mol. The van der Waals surface area contributed by atoms with Gasteiger partial charge in [0.25, 0.3) is 10.0 Å². The Hall–Kier alpha value is -3.56. The predicted molar refractivity (Wildman–Crippen MR) is 181 cm³/mol. The monoisotopic (exact) mass is 685 g/mol. The lowest BCUT2D eigenvalue weighted by atomic mass is 10.0. The molecule has 0 aliphatic rings. The number of hydrogen-bond donors (Lipinski definition) is 1. The van der Waals surface area contributed by atoms with Gasteiger partial charge in [0, 0.05) is 34.6 Å². The molecular formula is C34H34Cl3N3O4S. The van der Waals surface area contributed by atoms with Crippen LogP contribution in [0.1, 0.15) is 30.0 Å². The molecule has 0 bridgehead atoms. The number of aryl methyl sites for hydroxylation is 1. The van der Waals surface area contributed by atoms with Gasteiger partial charge in [0.15, 0.2) is 0 Å². The third-order valence-electron chi connectivity index (χ3n) is 7.21. The molecule has 0 saturated carbocycles. The molecule has 0 unspecified atom stereocenters. The molecule has 0 spiro atoms. The lowest BCUT2D eigenvalue weighted by molar-refractivity contribution is -0.140. The van der Waals surface area contributed by atoms with Gasteiger partial charge in [0.1, 0.15) is 12.6 Å². The molecule has 0 aromatic heterocycles. The van der Waals surface area contributed by atoms with E-state index in [1.807, 2.05) is 37.3 Å². The van der Waals surface area contributed by atoms with Crippen LogP contribution in [0.4, 0.5) is 5.69 Å². The van der Waals surface area contributed by atoms with Crippen LogP contribution in [0.25, 0.3) is 0 Å². The summed E-state index contributed by atoms with van der Waals surface area (Å²) in [4.78, 5) is 29.7. The minimum Gasteiger partial charge on any atom is -0.354 e. The van der Waals surface area contributed by atoms with E-state index in [-0.39, 0.29) is 29.5 Å². The Morgan fingerprint density at radius 1 is 0.844 bits per heavy atom. The van der Waals surface area contributed by atoms with Crippen LogP contribution in [0, 0.1) is 6.92 Å². The lowest BCUT2D eigenvalue weighted by Gasteiger charge is -2.34. The summed E-state index contributed by atoms with van der Waals surface area (Å²) < 4.78 is 29.3. The van der Waals surface area contributed by atoms with Crippen LogP contribution in [-0.2, 0) is 32.6 Å². The van der Waals surface area contributed by atoms with Crippen LogP contribution < -0.4 is 9.62 Å². The molecule has 4 aromatic carbocycles. The predicted octanol–water partition coefficient (Wildman–Crippen LogP) is 7.32. The molecule has 0 aliphatic heterocycles. The van der Waals surface area contributed by atoms with Gasteiger partial charge in [-0.3, -0.25) is 13.9 Å². The Bertz CT molecular complexity index is 1740. The van der Waals surface area contributed by atoms with E-state index in [2.05, 4.69) is 5.32 Å². The highest BCUT2D eigenvalue weighted by Gasteiger charge is 2.35. The first-order chi connectivity index (χ1) is 21.5. The largest absolute Gasteiger partial charge is 0.354 e. The average molecular weight is 687 g/mol. The van der Waals surface area contributed by atoms with E-state index >= 15 is 0 Å². The number of rotatable bonds is 13. The first-order valence-corrected chi connectivity index (χ1v) is 17.0. The molecule has 1 N–H and O–H groups in total. The maximum Gasteiger partial charge on any atom is 0.264 e. The van der Waals surface area contributed by atoms with Gasteiger partial charge >= 0.3 is 0 Å². The van der Waals surface area contributed by atoms with Crippen LogP contribution in [-0.4, -0.2) is 44.3 Å². The van der Waals surface area contributed by atoms with Gasteiger partial charge in [0.2, 0.25) is 11.8 Å². The summed E-state index contributed by atoms with van der Waals surface area (Å²) in [5, 5.41) is 4.08. The van der Waals surface area contributed by atoms with Gasteiger partial charge in [-0.05, 0) is 72.5 Å². The number of nitrogens with one attached hydrogen (secondary N) is 1. The van der Waals surface area contributed by atoms with Gasteiger partial charge in [-0.2, -0.15) is 0 Å². The first kappa shape index (κ1) is 34.3. The van der Waals surface area contributed by atoms with E-state index in [0.29, 0.717) is 39.2 Å².